The van der Waals surface area contributed by atoms with Gasteiger partial charge in [-0.1, -0.05) is 95.5 Å². The van der Waals surface area contributed by atoms with E-state index in [0.29, 0.717) is 6.61 Å². The van der Waals surface area contributed by atoms with Gasteiger partial charge in [-0.15, -0.1) is 0 Å². The van der Waals surface area contributed by atoms with Crippen LogP contribution in [0, 0.1) is 0 Å². The Labute approximate surface area is 204 Å². The molecular weight excluding hydrogens is 412 g/mol. The lowest BCUT2D eigenvalue weighted by molar-refractivity contribution is -0.148. The van der Waals surface area contributed by atoms with Crippen molar-refractivity contribution in [2.75, 3.05) is 20.0 Å². The number of hydrogen-bond acceptors (Lipinski definition) is 4. The molecule has 0 spiro atoms. The second-order valence-corrected chi connectivity index (χ2v) is 8.77. The lowest BCUT2D eigenvalue weighted by Gasteiger charge is -2.19. The summed E-state index contributed by atoms with van der Waals surface area (Å²) >= 11 is 0. The maximum absolute atomic E-state index is 6.08. The molecule has 0 heterocycles. The van der Waals surface area contributed by atoms with E-state index in [-0.39, 0.29) is 13.1 Å². The minimum Gasteiger partial charge on any atom is -0.475 e. The van der Waals surface area contributed by atoms with Crippen molar-refractivity contribution in [3.63, 3.8) is 0 Å². The highest BCUT2D eigenvalue weighted by atomic mass is 16.7. The number of hydrogen-bond donors (Lipinski definition) is 0. The van der Waals surface area contributed by atoms with Crippen molar-refractivity contribution in [1.29, 1.82) is 0 Å². The molecule has 0 radical (unpaired) electrons. The molecule has 0 aliphatic rings. The molecule has 0 unspecified atom stereocenters. The zero-order chi connectivity index (χ0) is 23.7. The molecule has 0 fully saturated rings. The SMILES string of the molecule is CCCCCCCOC(CCCCC=COCOCc1ccccc1)OCCCCCCC. The molecule has 0 atom stereocenters. The maximum Gasteiger partial charge on any atom is 0.188 e. The Bertz CT molecular complexity index is 516. The van der Waals surface area contributed by atoms with Gasteiger partial charge in [-0.05, 0) is 50.2 Å². The maximum atomic E-state index is 6.08. The summed E-state index contributed by atoms with van der Waals surface area (Å²) < 4.78 is 23.1. The third-order valence-electron chi connectivity index (χ3n) is 5.62. The van der Waals surface area contributed by atoms with Crippen LogP contribution in [0.3, 0.4) is 0 Å². The third kappa shape index (κ3) is 19.8. The topological polar surface area (TPSA) is 36.9 Å². The first-order valence-electron chi connectivity index (χ1n) is 13.5. The van der Waals surface area contributed by atoms with Crippen LogP contribution in [-0.2, 0) is 25.6 Å². The molecule has 1 rings (SSSR count). The van der Waals surface area contributed by atoms with Gasteiger partial charge < -0.3 is 18.9 Å². The van der Waals surface area contributed by atoms with E-state index >= 15 is 0 Å². The van der Waals surface area contributed by atoms with Crippen molar-refractivity contribution in [3.05, 3.63) is 48.2 Å². The van der Waals surface area contributed by atoms with E-state index in [2.05, 4.69) is 32.1 Å². The molecular formula is C29H50O4. The number of rotatable bonds is 24. The van der Waals surface area contributed by atoms with Gasteiger partial charge in [0.15, 0.2) is 13.1 Å². The average Bonchev–Trinajstić information content (AvgIpc) is 2.84. The fourth-order valence-corrected chi connectivity index (χ4v) is 3.59. The van der Waals surface area contributed by atoms with Crippen molar-refractivity contribution in [3.8, 4) is 0 Å². The second kappa shape index (κ2) is 23.8. The number of ether oxygens (including phenoxy) is 4. The Hall–Kier alpha value is -1.36. The lowest BCUT2D eigenvalue weighted by atomic mass is 10.1. The average molecular weight is 463 g/mol. The van der Waals surface area contributed by atoms with Crippen molar-refractivity contribution in [2.24, 2.45) is 0 Å². The normalized spacial score (nSPS) is 11.6. The molecule has 0 bridgehead atoms. The summed E-state index contributed by atoms with van der Waals surface area (Å²) in [5.74, 6) is 0. The van der Waals surface area contributed by atoms with Crippen LogP contribution < -0.4 is 0 Å². The predicted molar refractivity (Wildman–Crippen MR) is 138 cm³/mol. The first kappa shape index (κ1) is 29.7. The summed E-state index contributed by atoms with van der Waals surface area (Å²) in [6.45, 7) is 7.00. The van der Waals surface area contributed by atoms with E-state index in [9.17, 15) is 0 Å². The standard InChI is InChI=1S/C29H50O4/c1-3-5-7-10-18-24-32-29(33-25-19-11-8-6-4-2)22-16-9-12-17-23-30-27-31-26-28-20-14-13-15-21-28/h13-15,17,20-21,23,29H,3-12,16,18-19,22,24-27H2,1-2H3. The summed E-state index contributed by atoms with van der Waals surface area (Å²) in [7, 11) is 0. The molecule has 0 saturated heterocycles. The largest absolute Gasteiger partial charge is 0.475 e. The summed E-state index contributed by atoms with van der Waals surface area (Å²) in [4.78, 5) is 0. The fraction of sp³-hybridized carbons (Fsp3) is 0.724. The molecule has 4 heteroatoms. The Morgan fingerprint density at radius 2 is 1.36 bits per heavy atom. The Kier molecular flexibility index (Phi) is 21.4. The molecule has 4 nitrogen and oxygen atoms in total. The van der Waals surface area contributed by atoms with Gasteiger partial charge in [-0.2, -0.15) is 0 Å². The van der Waals surface area contributed by atoms with E-state index in [1.807, 2.05) is 18.2 Å². The molecule has 0 aromatic heterocycles. The summed E-state index contributed by atoms with van der Waals surface area (Å²) in [5, 5.41) is 0. The minimum absolute atomic E-state index is 0.0473. The highest BCUT2D eigenvalue weighted by Crippen LogP contribution is 2.12. The van der Waals surface area contributed by atoms with Crippen LogP contribution in [0.4, 0.5) is 0 Å². The van der Waals surface area contributed by atoms with Crippen LogP contribution >= 0.6 is 0 Å². The zero-order valence-corrected chi connectivity index (χ0v) is 21.5. The van der Waals surface area contributed by atoms with Gasteiger partial charge in [-0.3, -0.25) is 0 Å². The number of allylic oxidation sites excluding steroid dienone is 1. The van der Waals surface area contributed by atoms with E-state index in [1.54, 1.807) is 6.26 Å². The van der Waals surface area contributed by atoms with Crippen LogP contribution in [0.2, 0.25) is 0 Å². The van der Waals surface area contributed by atoms with E-state index < -0.39 is 0 Å². The smallest absolute Gasteiger partial charge is 0.188 e. The van der Waals surface area contributed by atoms with Gasteiger partial charge in [0.2, 0.25) is 0 Å². The van der Waals surface area contributed by atoms with E-state index in [1.165, 1.54) is 51.4 Å². The molecule has 0 aliphatic carbocycles. The van der Waals surface area contributed by atoms with Crippen LogP contribution in [-0.4, -0.2) is 26.3 Å². The fourth-order valence-electron chi connectivity index (χ4n) is 3.59. The first-order chi connectivity index (χ1) is 16.4. The molecule has 0 N–H and O–H groups in total. The van der Waals surface area contributed by atoms with Crippen molar-refractivity contribution < 1.29 is 18.9 Å². The third-order valence-corrected chi connectivity index (χ3v) is 5.62. The predicted octanol–water partition coefficient (Wildman–Crippen LogP) is 8.55. The minimum atomic E-state index is -0.0473. The van der Waals surface area contributed by atoms with Gasteiger partial charge >= 0.3 is 0 Å². The van der Waals surface area contributed by atoms with Crippen molar-refractivity contribution in [1.82, 2.24) is 0 Å². The Balaban J connectivity index is 2.08. The molecule has 33 heavy (non-hydrogen) atoms. The second-order valence-electron chi connectivity index (χ2n) is 8.77. The lowest BCUT2D eigenvalue weighted by Crippen LogP contribution is -2.19. The summed E-state index contributed by atoms with van der Waals surface area (Å²) in [5.41, 5.74) is 1.16. The highest BCUT2D eigenvalue weighted by Gasteiger charge is 2.09. The van der Waals surface area contributed by atoms with E-state index in [0.717, 1.165) is 57.3 Å². The molecule has 1 aromatic rings. The Morgan fingerprint density at radius 3 is 2.00 bits per heavy atom. The molecule has 0 amide bonds. The van der Waals surface area contributed by atoms with Crippen LogP contribution in [0.5, 0.6) is 0 Å². The van der Waals surface area contributed by atoms with Gasteiger partial charge in [0.05, 0.1) is 12.9 Å². The highest BCUT2D eigenvalue weighted by molar-refractivity contribution is 5.13. The Morgan fingerprint density at radius 1 is 0.727 bits per heavy atom. The van der Waals surface area contributed by atoms with E-state index in [4.69, 9.17) is 18.9 Å². The monoisotopic (exact) mass is 462 g/mol. The van der Waals surface area contributed by atoms with Gasteiger partial charge in [-0.25, -0.2) is 0 Å². The van der Waals surface area contributed by atoms with Crippen LogP contribution in [0.1, 0.15) is 109 Å². The number of unbranched alkanes of at least 4 members (excludes halogenated alkanes) is 10. The van der Waals surface area contributed by atoms with Gasteiger partial charge in [0, 0.05) is 13.2 Å². The van der Waals surface area contributed by atoms with Crippen molar-refractivity contribution >= 4 is 0 Å². The quantitative estimate of drug-likeness (QED) is 0.0876. The molecule has 0 aliphatic heterocycles. The van der Waals surface area contributed by atoms with Crippen LogP contribution in [0.25, 0.3) is 0 Å². The zero-order valence-electron chi connectivity index (χ0n) is 21.5. The molecule has 0 saturated carbocycles. The van der Waals surface area contributed by atoms with Gasteiger partial charge in [0.1, 0.15) is 0 Å². The molecule has 1 aromatic carbocycles. The van der Waals surface area contributed by atoms with Crippen molar-refractivity contribution in [2.45, 2.75) is 117 Å². The van der Waals surface area contributed by atoms with Gasteiger partial charge in [0.25, 0.3) is 0 Å². The first-order valence-corrected chi connectivity index (χ1v) is 13.5. The summed E-state index contributed by atoms with van der Waals surface area (Å²) in [6.07, 6.45) is 20.6. The van der Waals surface area contributed by atoms with Crippen LogP contribution in [0.15, 0.2) is 42.7 Å². The summed E-state index contributed by atoms with van der Waals surface area (Å²) in [6, 6.07) is 10.1. The number of benzene rings is 1. The molecule has 190 valence electrons.